The maximum absolute atomic E-state index is 13.1. The molecular formula is C24H21N3O3. The van der Waals surface area contributed by atoms with Crippen molar-refractivity contribution in [3.8, 4) is 0 Å². The average Bonchev–Trinajstić information content (AvgIpc) is 2.78. The summed E-state index contributed by atoms with van der Waals surface area (Å²) < 4.78 is 0. The molecule has 0 saturated carbocycles. The Labute approximate surface area is 174 Å². The Bertz CT molecular complexity index is 1120. The molecule has 6 heteroatoms. The lowest BCUT2D eigenvalue weighted by Gasteiger charge is -2.29. The first-order valence-corrected chi connectivity index (χ1v) is 9.82. The van der Waals surface area contributed by atoms with E-state index in [4.69, 9.17) is 0 Å². The van der Waals surface area contributed by atoms with Crippen LogP contribution in [0.25, 0.3) is 0 Å². The van der Waals surface area contributed by atoms with Gasteiger partial charge in [-0.2, -0.15) is 0 Å². The van der Waals surface area contributed by atoms with E-state index in [0.29, 0.717) is 17.8 Å². The smallest absolute Gasteiger partial charge is 0.276 e. The summed E-state index contributed by atoms with van der Waals surface area (Å²) in [4.78, 5) is 43.1. The van der Waals surface area contributed by atoms with Crippen LogP contribution in [0, 0.1) is 0 Å². The van der Waals surface area contributed by atoms with Crippen LogP contribution in [0.5, 0.6) is 0 Å². The maximum atomic E-state index is 13.1. The Morgan fingerprint density at radius 3 is 2.40 bits per heavy atom. The third-order valence-electron chi connectivity index (χ3n) is 5.11. The van der Waals surface area contributed by atoms with E-state index in [-0.39, 0.29) is 23.1 Å². The number of rotatable bonds is 4. The van der Waals surface area contributed by atoms with Gasteiger partial charge in [-0.3, -0.25) is 14.4 Å². The van der Waals surface area contributed by atoms with E-state index in [1.54, 1.807) is 47.4 Å². The molecule has 2 heterocycles. The van der Waals surface area contributed by atoms with Gasteiger partial charge in [0.15, 0.2) is 5.78 Å². The van der Waals surface area contributed by atoms with Crippen LogP contribution < -0.4 is 10.2 Å². The summed E-state index contributed by atoms with van der Waals surface area (Å²) in [6, 6.07) is 19.3. The number of carbonyl (C=O) groups is 3. The fraction of sp³-hybridized carbons (Fsp3) is 0.167. The number of para-hydroxylation sites is 1. The maximum Gasteiger partial charge on any atom is 0.276 e. The Kier molecular flexibility index (Phi) is 5.39. The number of carbonyl (C=O) groups excluding carboxylic acids is 3. The van der Waals surface area contributed by atoms with Crippen molar-refractivity contribution >= 4 is 29.0 Å². The lowest BCUT2D eigenvalue weighted by Crippen LogP contribution is -2.36. The highest BCUT2D eigenvalue weighted by Gasteiger charge is 2.24. The highest BCUT2D eigenvalue weighted by atomic mass is 16.2. The van der Waals surface area contributed by atoms with Crippen molar-refractivity contribution in [2.75, 3.05) is 16.8 Å². The summed E-state index contributed by atoms with van der Waals surface area (Å²) in [5.41, 5.74) is 3.54. The average molecular weight is 399 g/mol. The van der Waals surface area contributed by atoms with Gasteiger partial charge in [-0.1, -0.05) is 24.3 Å². The first-order valence-electron chi connectivity index (χ1n) is 9.82. The number of anilines is 2. The fourth-order valence-electron chi connectivity index (χ4n) is 3.55. The van der Waals surface area contributed by atoms with Gasteiger partial charge in [-0.25, -0.2) is 4.98 Å². The Hall–Kier alpha value is -3.80. The van der Waals surface area contributed by atoms with E-state index < -0.39 is 5.91 Å². The normalized spacial score (nSPS) is 12.8. The van der Waals surface area contributed by atoms with Gasteiger partial charge in [0.1, 0.15) is 11.4 Å². The van der Waals surface area contributed by atoms with Gasteiger partial charge in [0.05, 0.1) is 0 Å². The molecule has 1 aromatic heterocycles. The lowest BCUT2D eigenvalue weighted by molar-refractivity contribution is 0.0978. The number of ketones is 1. The quantitative estimate of drug-likeness (QED) is 0.669. The van der Waals surface area contributed by atoms with Crippen molar-refractivity contribution < 1.29 is 14.4 Å². The topological polar surface area (TPSA) is 79.4 Å². The van der Waals surface area contributed by atoms with Crippen molar-refractivity contribution in [2.24, 2.45) is 0 Å². The number of fused-ring (bicyclic) bond motifs is 1. The summed E-state index contributed by atoms with van der Waals surface area (Å²) in [6.07, 6.45) is 1.83. The zero-order valence-corrected chi connectivity index (χ0v) is 16.6. The van der Waals surface area contributed by atoms with E-state index in [2.05, 4.69) is 10.3 Å². The van der Waals surface area contributed by atoms with Gasteiger partial charge in [0.25, 0.3) is 11.8 Å². The molecule has 2 amide bonds. The van der Waals surface area contributed by atoms with Crippen LogP contribution in [0.1, 0.15) is 50.2 Å². The molecule has 0 fully saturated rings. The Morgan fingerprint density at radius 2 is 1.63 bits per heavy atom. The second-order valence-corrected chi connectivity index (χ2v) is 7.18. The first-order chi connectivity index (χ1) is 14.5. The summed E-state index contributed by atoms with van der Waals surface area (Å²) in [5.74, 6) is -0.679. The zero-order valence-electron chi connectivity index (χ0n) is 16.6. The van der Waals surface area contributed by atoms with E-state index in [1.807, 2.05) is 24.3 Å². The van der Waals surface area contributed by atoms with Gasteiger partial charge >= 0.3 is 0 Å². The number of nitrogens with one attached hydrogen (secondary N) is 1. The lowest BCUT2D eigenvalue weighted by atomic mass is 10.0. The monoisotopic (exact) mass is 399 g/mol. The van der Waals surface area contributed by atoms with Gasteiger partial charge in [0, 0.05) is 23.5 Å². The molecule has 1 N–H and O–H groups in total. The minimum atomic E-state index is -0.417. The number of hydrogen-bond donors (Lipinski definition) is 1. The molecule has 0 radical (unpaired) electrons. The third-order valence-corrected chi connectivity index (χ3v) is 5.11. The second kappa shape index (κ2) is 8.29. The Balaban J connectivity index is 1.53. The highest BCUT2D eigenvalue weighted by Crippen LogP contribution is 2.27. The van der Waals surface area contributed by atoms with Crippen LogP contribution in [0.3, 0.4) is 0 Å². The molecule has 6 nitrogen and oxygen atoms in total. The van der Waals surface area contributed by atoms with E-state index >= 15 is 0 Å². The summed E-state index contributed by atoms with van der Waals surface area (Å²) >= 11 is 0. The van der Waals surface area contributed by atoms with Crippen LogP contribution in [-0.4, -0.2) is 29.1 Å². The van der Waals surface area contributed by atoms with E-state index in [1.165, 1.54) is 6.92 Å². The number of Topliss-reactive ketones (excluding diaryl/α,β-unsaturated/α-hetero) is 1. The Morgan fingerprint density at radius 1 is 0.900 bits per heavy atom. The molecular weight excluding hydrogens is 378 g/mol. The van der Waals surface area contributed by atoms with Crippen molar-refractivity contribution in [1.82, 2.24) is 4.98 Å². The van der Waals surface area contributed by atoms with Gasteiger partial charge in [0.2, 0.25) is 0 Å². The van der Waals surface area contributed by atoms with Crippen LogP contribution in [0.4, 0.5) is 11.4 Å². The van der Waals surface area contributed by atoms with Crippen LogP contribution in [0.2, 0.25) is 0 Å². The number of aryl methyl sites for hydroxylation is 1. The van der Waals surface area contributed by atoms with Crippen LogP contribution in [-0.2, 0) is 6.42 Å². The molecule has 0 unspecified atom stereocenters. The van der Waals surface area contributed by atoms with Crippen LogP contribution in [0.15, 0.2) is 66.7 Å². The third kappa shape index (κ3) is 3.98. The number of nitrogens with zero attached hydrogens (tertiary/aromatic N) is 2. The van der Waals surface area contributed by atoms with Gasteiger partial charge < -0.3 is 10.2 Å². The SMILES string of the molecule is CC(=O)c1ccc(NC(=O)c2cccc(C(=O)N3CCCc4ccccc43)n2)cc1. The minimum Gasteiger partial charge on any atom is -0.321 e. The molecule has 0 bridgehead atoms. The second-order valence-electron chi connectivity index (χ2n) is 7.18. The molecule has 0 aliphatic carbocycles. The standard InChI is InChI=1S/C24H21N3O3/c1-16(28)17-11-13-19(14-12-17)25-23(29)20-8-4-9-21(26-20)24(30)27-15-5-7-18-6-2-3-10-22(18)27/h2-4,6,8-14H,5,7,15H2,1H3,(H,25,29). The van der Waals surface area contributed by atoms with Crippen molar-refractivity contribution in [3.63, 3.8) is 0 Å². The van der Waals surface area contributed by atoms with E-state index in [9.17, 15) is 14.4 Å². The van der Waals surface area contributed by atoms with Crippen molar-refractivity contribution in [2.45, 2.75) is 19.8 Å². The molecule has 2 aromatic carbocycles. The number of amides is 2. The minimum absolute atomic E-state index is 0.0416. The molecule has 30 heavy (non-hydrogen) atoms. The number of hydrogen-bond acceptors (Lipinski definition) is 4. The molecule has 1 aliphatic heterocycles. The largest absolute Gasteiger partial charge is 0.321 e. The first kappa shape index (κ1) is 19.5. The van der Waals surface area contributed by atoms with Crippen LogP contribution >= 0.6 is 0 Å². The predicted molar refractivity (Wildman–Crippen MR) is 115 cm³/mol. The molecule has 0 atom stereocenters. The molecule has 1 aliphatic rings. The molecule has 150 valence electrons. The summed E-state index contributed by atoms with van der Waals surface area (Å²) in [6.45, 7) is 2.11. The number of pyridine rings is 1. The molecule has 3 aromatic rings. The molecule has 0 saturated heterocycles. The van der Waals surface area contributed by atoms with Crippen molar-refractivity contribution in [1.29, 1.82) is 0 Å². The summed E-state index contributed by atoms with van der Waals surface area (Å²) in [7, 11) is 0. The molecule has 4 rings (SSSR count). The van der Waals surface area contributed by atoms with Crippen molar-refractivity contribution in [3.05, 3.63) is 89.2 Å². The highest BCUT2D eigenvalue weighted by molar-refractivity contribution is 6.07. The molecule has 0 spiro atoms. The number of benzene rings is 2. The fourth-order valence-corrected chi connectivity index (χ4v) is 3.55. The van der Waals surface area contributed by atoms with Gasteiger partial charge in [-0.15, -0.1) is 0 Å². The zero-order chi connectivity index (χ0) is 21.1. The van der Waals surface area contributed by atoms with Gasteiger partial charge in [-0.05, 0) is 67.8 Å². The van der Waals surface area contributed by atoms with E-state index in [0.717, 1.165) is 24.1 Å². The number of aromatic nitrogens is 1. The summed E-state index contributed by atoms with van der Waals surface area (Å²) in [5, 5.41) is 2.75. The predicted octanol–water partition coefficient (Wildman–Crippen LogP) is 4.13.